The highest BCUT2D eigenvalue weighted by Gasteiger charge is 2.23. The lowest BCUT2D eigenvalue weighted by molar-refractivity contribution is -0.129. The van der Waals surface area contributed by atoms with Crippen molar-refractivity contribution < 1.29 is 14.3 Å². The highest BCUT2D eigenvalue weighted by molar-refractivity contribution is 6.02. The number of hydrogen-bond donors (Lipinski definition) is 1. The van der Waals surface area contributed by atoms with Crippen molar-refractivity contribution in [2.75, 3.05) is 6.54 Å². The van der Waals surface area contributed by atoms with Crippen LogP contribution in [0.3, 0.4) is 0 Å². The number of esters is 1. The predicted octanol–water partition coefficient (Wildman–Crippen LogP) is 2.40. The molecule has 2 aromatic carbocycles. The quantitative estimate of drug-likeness (QED) is 0.650. The fourth-order valence-electron chi connectivity index (χ4n) is 3.02. The Bertz CT molecular complexity index is 1090. The van der Waals surface area contributed by atoms with Crippen molar-refractivity contribution in [3.05, 3.63) is 76.2 Å². The van der Waals surface area contributed by atoms with Crippen molar-refractivity contribution in [1.29, 1.82) is 0 Å². The molecule has 0 saturated heterocycles. The Morgan fingerprint density at radius 2 is 1.66 bits per heavy atom. The predicted molar refractivity (Wildman–Crippen MR) is 110 cm³/mol. The molecule has 0 aliphatic rings. The second-order valence-electron chi connectivity index (χ2n) is 6.93. The SMILES string of the molecule is C[C@@H](OC(=O)c1nn(C)c(=O)c2ccccc12)C(=O)NC[C@H](C)c1ccccc1. The Morgan fingerprint density at radius 3 is 2.34 bits per heavy atom. The zero-order valence-corrected chi connectivity index (χ0v) is 16.6. The van der Waals surface area contributed by atoms with Gasteiger partial charge in [-0.15, -0.1) is 0 Å². The Balaban J connectivity index is 1.68. The molecule has 0 bridgehead atoms. The van der Waals surface area contributed by atoms with Crippen molar-refractivity contribution in [3.8, 4) is 0 Å². The van der Waals surface area contributed by atoms with Gasteiger partial charge >= 0.3 is 5.97 Å². The molecule has 150 valence electrons. The Hall–Kier alpha value is -3.48. The van der Waals surface area contributed by atoms with Crippen molar-refractivity contribution in [2.24, 2.45) is 7.05 Å². The molecular formula is C22H23N3O4. The molecule has 0 aliphatic carbocycles. The molecule has 3 rings (SSSR count). The number of benzene rings is 2. The van der Waals surface area contributed by atoms with E-state index in [2.05, 4.69) is 10.4 Å². The summed E-state index contributed by atoms with van der Waals surface area (Å²) < 4.78 is 6.40. The summed E-state index contributed by atoms with van der Waals surface area (Å²) in [5, 5.41) is 7.59. The Kier molecular flexibility index (Phi) is 6.07. The number of aryl methyl sites for hydroxylation is 1. The second-order valence-corrected chi connectivity index (χ2v) is 6.93. The van der Waals surface area contributed by atoms with Gasteiger partial charge in [-0.2, -0.15) is 5.10 Å². The van der Waals surface area contributed by atoms with E-state index in [1.54, 1.807) is 24.3 Å². The van der Waals surface area contributed by atoms with Crippen molar-refractivity contribution in [2.45, 2.75) is 25.9 Å². The monoisotopic (exact) mass is 393 g/mol. The molecule has 1 aromatic heterocycles. The zero-order valence-electron chi connectivity index (χ0n) is 16.6. The van der Waals surface area contributed by atoms with Gasteiger partial charge in [0.05, 0.1) is 5.39 Å². The molecule has 7 heteroatoms. The van der Waals surface area contributed by atoms with Gasteiger partial charge in [0.25, 0.3) is 11.5 Å². The maximum absolute atomic E-state index is 12.6. The van der Waals surface area contributed by atoms with Gasteiger partial charge in [-0.25, -0.2) is 9.48 Å². The minimum absolute atomic E-state index is 0.00000334. The average molecular weight is 393 g/mol. The lowest BCUT2D eigenvalue weighted by Gasteiger charge is -2.17. The number of ether oxygens (including phenoxy) is 1. The molecule has 0 spiro atoms. The van der Waals surface area contributed by atoms with E-state index in [0.29, 0.717) is 17.3 Å². The lowest BCUT2D eigenvalue weighted by Crippen LogP contribution is -2.38. The third-order valence-corrected chi connectivity index (χ3v) is 4.75. The number of hydrogen-bond acceptors (Lipinski definition) is 5. The normalized spacial score (nSPS) is 12.9. The number of carbonyl (C=O) groups excluding carboxylic acids is 2. The van der Waals surface area contributed by atoms with Gasteiger partial charge in [0, 0.05) is 19.0 Å². The van der Waals surface area contributed by atoms with Crippen LogP contribution in [0.4, 0.5) is 0 Å². The van der Waals surface area contributed by atoms with Crippen LogP contribution < -0.4 is 10.9 Å². The van der Waals surface area contributed by atoms with E-state index in [1.165, 1.54) is 14.0 Å². The van der Waals surface area contributed by atoms with Crippen LogP contribution in [0.1, 0.15) is 35.8 Å². The summed E-state index contributed by atoms with van der Waals surface area (Å²) in [4.78, 5) is 37.2. The maximum atomic E-state index is 12.6. The minimum atomic E-state index is -0.997. The van der Waals surface area contributed by atoms with Crippen LogP contribution in [0.5, 0.6) is 0 Å². The second kappa shape index (κ2) is 8.68. The number of nitrogens with zero attached hydrogens (tertiary/aromatic N) is 2. The summed E-state index contributed by atoms with van der Waals surface area (Å²) in [7, 11) is 1.46. The maximum Gasteiger partial charge on any atom is 0.360 e. The molecule has 0 fully saturated rings. The fraction of sp³-hybridized carbons (Fsp3) is 0.273. The number of carbonyl (C=O) groups is 2. The highest BCUT2D eigenvalue weighted by atomic mass is 16.5. The third-order valence-electron chi connectivity index (χ3n) is 4.75. The topological polar surface area (TPSA) is 90.3 Å². The first-order valence-corrected chi connectivity index (χ1v) is 9.38. The van der Waals surface area contributed by atoms with E-state index in [0.717, 1.165) is 10.2 Å². The zero-order chi connectivity index (χ0) is 21.0. The van der Waals surface area contributed by atoms with Crippen LogP contribution in [-0.4, -0.2) is 34.3 Å². The van der Waals surface area contributed by atoms with Crippen LogP contribution in [0, 0.1) is 0 Å². The van der Waals surface area contributed by atoms with Gasteiger partial charge in [-0.1, -0.05) is 55.5 Å². The van der Waals surface area contributed by atoms with E-state index in [-0.39, 0.29) is 17.2 Å². The number of nitrogens with one attached hydrogen (secondary N) is 1. The first-order valence-electron chi connectivity index (χ1n) is 9.38. The highest BCUT2D eigenvalue weighted by Crippen LogP contribution is 2.15. The Morgan fingerprint density at radius 1 is 1.03 bits per heavy atom. The van der Waals surface area contributed by atoms with Gasteiger partial charge in [0.1, 0.15) is 0 Å². The summed E-state index contributed by atoms with van der Waals surface area (Å²) in [6, 6.07) is 16.5. The molecule has 1 heterocycles. The molecule has 1 amide bonds. The van der Waals surface area contributed by atoms with Gasteiger partial charge in [0.15, 0.2) is 11.8 Å². The summed E-state index contributed by atoms with van der Waals surface area (Å²) >= 11 is 0. The first kappa shape index (κ1) is 20.3. The Labute approximate surface area is 168 Å². The standard InChI is InChI=1S/C22H23N3O4/c1-14(16-9-5-4-6-10-16)13-23-20(26)15(2)29-22(28)19-17-11-7-8-12-18(17)21(27)25(3)24-19/h4-12,14-15H,13H2,1-3H3,(H,23,26)/t14-,15+/m0/s1. The van der Waals surface area contributed by atoms with E-state index in [9.17, 15) is 14.4 Å². The summed E-state index contributed by atoms with van der Waals surface area (Å²) in [5.41, 5.74) is 0.802. The molecule has 0 unspecified atom stereocenters. The van der Waals surface area contributed by atoms with Gasteiger partial charge in [-0.3, -0.25) is 9.59 Å². The first-order chi connectivity index (χ1) is 13.9. The summed E-state index contributed by atoms with van der Waals surface area (Å²) in [5.74, 6) is -1.02. The van der Waals surface area contributed by atoms with Crippen molar-refractivity contribution >= 4 is 22.6 Å². The molecule has 7 nitrogen and oxygen atoms in total. The number of amides is 1. The van der Waals surface area contributed by atoms with Gasteiger partial charge in [0.2, 0.25) is 0 Å². The van der Waals surface area contributed by atoms with Gasteiger partial charge in [-0.05, 0) is 24.5 Å². The molecular weight excluding hydrogens is 370 g/mol. The summed E-state index contributed by atoms with van der Waals surface area (Å²) in [6.45, 7) is 3.93. The van der Waals surface area contributed by atoms with E-state index < -0.39 is 18.0 Å². The molecule has 0 saturated carbocycles. The van der Waals surface area contributed by atoms with Crippen LogP contribution >= 0.6 is 0 Å². The molecule has 0 radical (unpaired) electrons. The average Bonchev–Trinajstić information content (AvgIpc) is 2.74. The van der Waals surface area contributed by atoms with Crippen LogP contribution in [0.2, 0.25) is 0 Å². The van der Waals surface area contributed by atoms with Gasteiger partial charge < -0.3 is 10.1 Å². The summed E-state index contributed by atoms with van der Waals surface area (Å²) in [6.07, 6.45) is -0.997. The number of aromatic nitrogens is 2. The van der Waals surface area contributed by atoms with E-state index in [1.807, 2.05) is 37.3 Å². The van der Waals surface area contributed by atoms with Crippen LogP contribution in [0.25, 0.3) is 10.8 Å². The molecule has 29 heavy (non-hydrogen) atoms. The molecule has 2 atom stereocenters. The van der Waals surface area contributed by atoms with E-state index >= 15 is 0 Å². The van der Waals surface area contributed by atoms with Crippen molar-refractivity contribution in [3.63, 3.8) is 0 Å². The van der Waals surface area contributed by atoms with E-state index in [4.69, 9.17) is 4.74 Å². The molecule has 1 N–H and O–H groups in total. The van der Waals surface area contributed by atoms with Crippen LogP contribution in [-0.2, 0) is 16.6 Å². The third kappa shape index (κ3) is 4.51. The lowest BCUT2D eigenvalue weighted by atomic mass is 10.0. The van der Waals surface area contributed by atoms with Crippen molar-refractivity contribution in [1.82, 2.24) is 15.1 Å². The number of fused-ring (bicyclic) bond motifs is 1. The molecule has 0 aliphatic heterocycles. The van der Waals surface area contributed by atoms with Crippen LogP contribution in [0.15, 0.2) is 59.4 Å². The molecule has 3 aromatic rings. The largest absolute Gasteiger partial charge is 0.448 e. The smallest absolute Gasteiger partial charge is 0.360 e. The fourth-order valence-corrected chi connectivity index (χ4v) is 3.02. The number of rotatable bonds is 6. The minimum Gasteiger partial charge on any atom is -0.448 e.